The summed E-state index contributed by atoms with van der Waals surface area (Å²) < 4.78 is 1.73. The Morgan fingerprint density at radius 2 is 2.17 bits per heavy atom. The summed E-state index contributed by atoms with van der Waals surface area (Å²) in [5.74, 6) is 0.0706. The maximum Gasteiger partial charge on any atom is 0.230 e. The van der Waals surface area contributed by atoms with E-state index in [9.17, 15) is 4.79 Å². The number of aromatic nitrogens is 4. The van der Waals surface area contributed by atoms with E-state index in [1.807, 2.05) is 49.6 Å². The highest BCUT2D eigenvalue weighted by Crippen LogP contribution is 2.26. The van der Waals surface area contributed by atoms with Crippen LogP contribution in [-0.4, -0.2) is 31.4 Å². The van der Waals surface area contributed by atoms with E-state index < -0.39 is 0 Å². The van der Waals surface area contributed by atoms with Crippen molar-refractivity contribution in [2.75, 3.05) is 5.75 Å². The van der Waals surface area contributed by atoms with Crippen LogP contribution in [0.4, 0.5) is 0 Å². The first-order valence-electron chi connectivity index (χ1n) is 9.15. The molecule has 30 heavy (non-hydrogen) atoms. The minimum absolute atomic E-state index is 0.102. The van der Waals surface area contributed by atoms with Gasteiger partial charge in [0.15, 0.2) is 10.8 Å². The Labute approximate surface area is 186 Å². The molecule has 0 aliphatic rings. The molecule has 3 N–H and O–H groups in total. The van der Waals surface area contributed by atoms with E-state index in [4.69, 9.17) is 17.0 Å². The lowest BCUT2D eigenvalue weighted by Crippen LogP contribution is -2.26. The molecule has 1 aromatic carbocycles. The molecule has 0 radical (unpaired) electrons. The number of halogens is 1. The van der Waals surface area contributed by atoms with Crippen molar-refractivity contribution in [3.8, 4) is 5.69 Å². The van der Waals surface area contributed by atoms with Crippen LogP contribution in [0.15, 0.2) is 40.9 Å². The van der Waals surface area contributed by atoms with E-state index in [1.165, 1.54) is 11.8 Å². The van der Waals surface area contributed by atoms with Crippen LogP contribution in [0.2, 0.25) is 5.02 Å². The second-order valence-corrected chi connectivity index (χ2v) is 9.04. The third-order valence-electron chi connectivity index (χ3n) is 4.63. The number of H-pyrrole nitrogens is 1. The third kappa shape index (κ3) is 4.00. The number of hydrogen-bond acceptors (Lipinski definition) is 6. The molecule has 0 saturated heterocycles. The summed E-state index contributed by atoms with van der Waals surface area (Å²) in [6, 6.07) is 9.48. The lowest BCUT2D eigenvalue weighted by molar-refractivity contribution is -0.118. The number of rotatable bonds is 6. The molecule has 4 rings (SSSR count). The molecule has 3 heterocycles. The summed E-state index contributed by atoms with van der Waals surface area (Å²) in [5, 5.41) is 22.6. The van der Waals surface area contributed by atoms with Gasteiger partial charge in [0, 0.05) is 15.6 Å². The van der Waals surface area contributed by atoms with E-state index in [-0.39, 0.29) is 17.1 Å². The summed E-state index contributed by atoms with van der Waals surface area (Å²) in [5.41, 5.74) is 3.06. The zero-order valence-electron chi connectivity index (χ0n) is 16.3. The van der Waals surface area contributed by atoms with E-state index in [2.05, 4.69) is 20.5 Å². The second-order valence-electron chi connectivity index (χ2n) is 6.65. The molecule has 0 fully saturated rings. The molecule has 1 amide bonds. The molecule has 0 aliphatic carbocycles. The van der Waals surface area contributed by atoms with Gasteiger partial charge in [0.25, 0.3) is 0 Å². The quantitative estimate of drug-likeness (QED) is 0.300. The number of benzene rings is 1. The molecule has 10 heteroatoms. The molecule has 3 aromatic heterocycles. The van der Waals surface area contributed by atoms with Crippen molar-refractivity contribution in [2.45, 2.75) is 25.5 Å². The molecule has 0 spiro atoms. The van der Waals surface area contributed by atoms with Gasteiger partial charge >= 0.3 is 0 Å². The van der Waals surface area contributed by atoms with Crippen molar-refractivity contribution >= 4 is 51.6 Å². The van der Waals surface area contributed by atoms with E-state index >= 15 is 0 Å². The van der Waals surface area contributed by atoms with Crippen LogP contribution in [-0.2, 0) is 11.3 Å². The van der Waals surface area contributed by atoms with Gasteiger partial charge in [-0.05, 0) is 43.0 Å². The summed E-state index contributed by atoms with van der Waals surface area (Å²) in [6.07, 6.45) is 0. The number of thioether (sulfide) groups is 1. The zero-order valence-corrected chi connectivity index (χ0v) is 18.7. The monoisotopic (exact) mass is 458 g/mol. The molecule has 0 unspecified atom stereocenters. The van der Waals surface area contributed by atoms with E-state index in [0.29, 0.717) is 27.8 Å². The molecule has 0 bridgehead atoms. The van der Waals surface area contributed by atoms with Crippen LogP contribution in [0.5, 0.6) is 0 Å². The van der Waals surface area contributed by atoms with Crippen molar-refractivity contribution in [2.24, 2.45) is 0 Å². The standard InChI is InChI=1S/C20H19ClN6OS2/c1-11-14(21)6-3-7-15(11)27-18(22)17-12(2)25-26-19(17)24-20(27)30-10-16(28)23-9-13-5-4-8-29-13/h3-8,22H,9-10H2,1-2H3,(H,23,28)(H,25,26). The van der Waals surface area contributed by atoms with Crippen molar-refractivity contribution in [3.05, 3.63) is 62.4 Å². The summed E-state index contributed by atoms with van der Waals surface area (Å²) in [4.78, 5) is 18.1. The fourth-order valence-corrected chi connectivity index (χ4v) is 4.71. The van der Waals surface area contributed by atoms with Gasteiger partial charge in [-0.3, -0.25) is 19.9 Å². The Hall–Kier alpha value is -2.62. The first kappa shape index (κ1) is 20.6. The van der Waals surface area contributed by atoms with E-state index in [0.717, 1.165) is 21.8 Å². The van der Waals surface area contributed by atoms with Gasteiger partial charge in [-0.2, -0.15) is 5.10 Å². The zero-order chi connectivity index (χ0) is 21.3. The van der Waals surface area contributed by atoms with Gasteiger partial charge in [-0.1, -0.05) is 35.5 Å². The Morgan fingerprint density at radius 3 is 2.93 bits per heavy atom. The van der Waals surface area contributed by atoms with Crippen LogP contribution in [0.3, 0.4) is 0 Å². The number of aryl methyl sites for hydroxylation is 1. The maximum absolute atomic E-state index is 12.4. The van der Waals surface area contributed by atoms with Crippen LogP contribution in [0.1, 0.15) is 16.1 Å². The predicted molar refractivity (Wildman–Crippen MR) is 120 cm³/mol. The van der Waals surface area contributed by atoms with Crippen LogP contribution in [0, 0.1) is 19.3 Å². The Bertz CT molecular complexity index is 1280. The Morgan fingerprint density at radius 1 is 1.33 bits per heavy atom. The fourth-order valence-electron chi connectivity index (χ4n) is 3.07. The SMILES string of the molecule is Cc1c(Cl)cccc1-n1c(SCC(=O)NCc2cccs2)nc2n[nH]c(C)c2c1=N. The highest BCUT2D eigenvalue weighted by Gasteiger charge is 2.18. The minimum atomic E-state index is -0.102. The molecule has 7 nitrogen and oxygen atoms in total. The average molecular weight is 459 g/mol. The maximum atomic E-state index is 12.4. The van der Waals surface area contributed by atoms with Gasteiger partial charge < -0.3 is 5.32 Å². The summed E-state index contributed by atoms with van der Waals surface area (Å²) in [6.45, 7) is 4.26. The smallest absolute Gasteiger partial charge is 0.230 e. The summed E-state index contributed by atoms with van der Waals surface area (Å²) >= 11 is 9.20. The van der Waals surface area contributed by atoms with Crippen molar-refractivity contribution in [3.63, 3.8) is 0 Å². The highest BCUT2D eigenvalue weighted by atomic mass is 35.5. The lowest BCUT2D eigenvalue weighted by Gasteiger charge is -2.16. The fraction of sp³-hybridized carbons (Fsp3) is 0.200. The Balaban J connectivity index is 1.69. The molecule has 0 saturated carbocycles. The molecule has 0 aliphatic heterocycles. The molecule has 154 valence electrons. The second kappa shape index (κ2) is 8.63. The lowest BCUT2D eigenvalue weighted by atomic mass is 10.2. The normalized spacial score (nSPS) is 11.2. The minimum Gasteiger partial charge on any atom is -0.350 e. The number of thiophene rings is 1. The number of hydrogen-bond donors (Lipinski definition) is 3. The van der Waals surface area contributed by atoms with Crippen LogP contribution < -0.4 is 10.8 Å². The third-order valence-corrected chi connectivity index (χ3v) is 6.86. The van der Waals surface area contributed by atoms with E-state index in [1.54, 1.807) is 15.9 Å². The van der Waals surface area contributed by atoms with Gasteiger partial charge in [0.1, 0.15) is 5.49 Å². The number of nitrogens with one attached hydrogen (secondary N) is 3. The van der Waals surface area contributed by atoms with Crippen molar-refractivity contribution in [1.29, 1.82) is 5.41 Å². The highest BCUT2D eigenvalue weighted by molar-refractivity contribution is 7.99. The van der Waals surface area contributed by atoms with Crippen molar-refractivity contribution < 1.29 is 4.79 Å². The molecular weight excluding hydrogens is 440 g/mol. The number of fused-ring (bicyclic) bond motifs is 1. The van der Waals surface area contributed by atoms with Gasteiger partial charge in [-0.15, -0.1) is 11.3 Å². The largest absolute Gasteiger partial charge is 0.350 e. The van der Waals surface area contributed by atoms with Crippen molar-refractivity contribution in [1.82, 2.24) is 25.1 Å². The summed E-state index contributed by atoms with van der Waals surface area (Å²) in [7, 11) is 0. The Kier molecular flexibility index (Phi) is 5.94. The number of carbonyl (C=O) groups excluding carboxylic acids is 1. The topological polar surface area (TPSA) is 99.4 Å². The van der Waals surface area contributed by atoms with Gasteiger partial charge in [-0.25, -0.2) is 4.98 Å². The molecule has 4 aromatic rings. The van der Waals surface area contributed by atoms with Crippen LogP contribution in [0.25, 0.3) is 16.7 Å². The number of nitrogens with zero attached hydrogens (tertiary/aromatic N) is 3. The first-order chi connectivity index (χ1) is 14.5. The average Bonchev–Trinajstić information content (AvgIpc) is 3.37. The molecule has 0 atom stereocenters. The first-order valence-corrected chi connectivity index (χ1v) is 11.4. The number of carbonyl (C=O) groups is 1. The predicted octanol–water partition coefficient (Wildman–Crippen LogP) is 3.97. The van der Waals surface area contributed by atoms with Crippen LogP contribution >= 0.6 is 34.7 Å². The van der Waals surface area contributed by atoms with Gasteiger partial charge in [0.05, 0.1) is 23.4 Å². The number of amides is 1. The van der Waals surface area contributed by atoms with Gasteiger partial charge in [0.2, 0.25) is 5.91 Å². The molecular formula is C20H19ClN6OS2. The number of aromatic amines is 1.